The SMILES string of the molecule is CCOc1ccc2c(c1)CC(NCCCCO)C(=O)N2c1ccc(CN2C(=O)[C@@](O)([C@@H](C)/C=C/CCn3cc(CCO)nn3)c3cc(Cl)ccc32)cc1. The fraction of sp³-hybridized carbons (Fsp3) is 0.400. The summed E-state index contributed by atoms with van der Waals surface area (Å²) in [6.07, 6.45) is 8.54. The first-order chi connectivity index (χ1) is 25.7. The van der Waals surface area contributed by atoms with E-state index in [1.54, 1.807) is 38.9 Å². The summed E-state index contributed by atoms with van der Waals surface area (Å²) in [6.45, 7) is 5.77. The monoisotopic (exact) mass is 742 g/mol. The Labute approximate surface area is 314 Å². The summed E-state index contributed by atoms with van der Waals surface area (Å²) in [6, 6.07) is 18.0. The second-order valence-corrected chi connectivity index (χ2v) is 13.9. The molecule has 0 saturated carbocycles. The molecular weight excluding hydrogens is 696 g/mol. The topological polar surface area (TPSA) is 153 Å². The molecule has 12 nitrogen and oxygen atoms in total. The summed E-state index contributed by atoms with van der Waals surface area (Å²) in [5, 5.41) is 42.4. The quantitative estimate of drug-likeness (QED) is 0.0880. The van der Waals surface area contributed by atoms with Crippen molar-refractivity contribution >= 4 is 40.5 Å². The van der Waals surface area contributed by atoms with Crippen LogP contribution in [0.25, 0.3) is 0 Å². The standard InChI is InChI=1S/C40H47ClN6O6/c1-3-53-33-14-16-36-29(22-33)23-35(42-18-5-7-20-48)38(50)47(36)32-12-9-28(10-13-32)25-46-37-15-11-30(41)24-34(37)40(52,39(46)51)27(2)8-4-6-19-45-26-31(17-21-49)43-44-45/h4,8-16,22,24,26-27,35,42,48-49,52H,3,5-7,17-21,23,25H2,1-2H3/b8-4+/t27-,35?,40+/m0/s1. The number of hydrogen-bond acceptors (Lipinski definition) is 9. The molecule has 1 aromatic heterocycles. The normalized spacial score (nSPS) is 18.9. The summed E-state index contributed by atoms with van der Waals surface area (Å²) in [5.41, 5.74) is 3.22. The fourth-order valence-corrected chi connectivity index (χ4v) is 7.23. The van der Waals surface area contributed by atoms with E-state index in [9.17, 15) is 19.8 Å². The minimum atomic E-state index is -1.83. The van der Waals surface area contributed by atoms with Gasteiger partial charge in [-0.1, -0.05) is 48.0 Å². The maximum Gasteiger partial charge on any atom is 0.264 e. The Morgan fingerprint density at radius 3 is 2.60 bits per heavy atom. The molecule has 3 heterocycles. The third-order valence-corrected chi connectivity index (χ3v) is 10.1. The number of carbonyl (C=O) groups excluding carboxylic acids is 2. The average Bonchev–Trinajstić information content (AvgIpc) is 3.69. The zero-order chi connectivity index (χ0) is 37.5. The van der Waals surface area contributed by atoms with Crippen molar-refractivity contribution in [1.82, 2.24) is 20.3 Å². The third-order valence-electron chi connectivity index (χ3n) is 9.85. The molecule has 1 unspecified atom stereocenters. The second kappa shape index (κ2) is 17.0. The number of anilines is 3. The average molecular weight is 743 g/mol. The number of nitrogens with zero attached hydrogens (tertiary/aromatic N) is 5. The number of aliphatic hydroxyl groups is 3. The van der Waals surface area contributed by atoms with E-state index in [0.29, 0.717) is 73.0 Å². The Kier molecular flexibility index (Phi) is 12.3. The van der Waals surface area contributed by atoms with E-state index in [2.05, 4.69) is 15.6 Å². The van der Waals surface area contributed by atoms with Gasteiger partial charge in [0.1, 0.15) is 5.75 Å². The van der Waals surface area contributed by atoms with Gasteiger partial charge in [0.05, 0.1) is 36.3 Å². The number of fused-ring (bicyclic) bond motifs is 2. The number of benzene rings is 3. The van der Waals surface area contributed by atoms with Gasteiger partial charge in [0, 0.05) is 54.6 Å². The summed E-state index contributed by atoms with van der Waals surface area (Å²) in [7, 11) is 0. The van der Waals surface area contributed by atoms with E-state index in [1.165, 1.54) is 0 Å². The number of nitrogens with one attached hydrogen (secondary N) is 1. The molecule has 2 aliphatic heterocycles. The van der Waals surface area contributed by atoms with Crippen molar-refractivity contribution in [1.29, 1.82) is 0 Å². The maximum absolute atomic E-state index is 14.2. The highest BCUT2D eigenvalue weighted by molar-refractivity contribution is 6.31. The highest BCUT2D eigenvalue weighted by atomic mass is 35.5. The summed E-state index contributed by atoms with van der Waals surface area (Å²) in [4.78, 5) is 31.4. The molecule has 4 N–H and O–H groups in total. The number of carbonyl (C=O) groups is 2. The fourth-order valence-electron chi connectivity index (χ4n) is 7.05. The molecule has 3 atom stereocenters. The van der Waals surface area contributed by atoms with Crippen LogP contribution in [0, 0.1) is 5.92 Å². The number of unbranched alkanes of at least 4 members (excludes halogenated alkanes) is 1. The molecular formula is C40H47ClN6O6. The molecule has 13 heteroatoms. The Hall–Kier alpha value is -4.59. The molecule has 0 spiro atoms. The molecule has 2 aliphatic rings. The number of aliphatic hydroxyl groups excluding tert-OH is 2. The number of rotatable bonds is 17. The van der Waals surface area contributed by atoms with Crippen LogP contribution in [-0.2, 0) is 41.1 Å². The van der Waals surface area contributed by atoms with Crippen LogP contribution >= 0.6 is 11.6 Å². The number of aryl methyl sites for hydroxylation is 1. The van der Waals surface area contributed by atoms with E-state index in [1.807, 2.05) is 68.5 Å². The molecule has 0 aliphatic carbocycles. The highest BCUT2D eigenvalue weighted by Crippen LogP contribution is 2.47. The van der Waals surface area contributed by atoms with Crippen LogP contribution in [-0.4, -0.2) is 74.5 Å². The Balaban J connectivity index is 1.20. The van der Waals surface area contributed by atoms with E-state index >= 15 is 0 Å². The first kappa shape index (κ1) is 38.1. The number of halogens is 1. The molecule has 0 fully saturated rings. The van der Waals surface area contributed by atoms with Crippen molar-refractivity contribution < 1.29 is 29.6 Å². The number of ether oxygens (including phenoxy) is 1. The van der Waals surface area contributed by atoms with Gasteiger partial charge < -0.3 is 30.3 Å². The highest BCUT2D eigenvalue weighted by Gasteiger charge is 2.52. The van der Waals surface area contributed by atoms with Gasteiger partial charge in [-0.25, -0.2) is 0 Å². The van der Waals surface area contributed by atoms with Gasteiger partial charge in [-0.15, -0.1) is 5.10 Å². The molecule has 280 valence electrons. The van der Waals surface area contributed by atoms with Crippen molar-refractivity contribution in [3.05, 3.63) is 106 Å². The first-order valence-electron chi connectivity index (χ1n) is 18.2. The van der Waals surface area contributed by atoms with Crippen molar-refractivity contribution in [2.45, 2.75) is 70.7 Å². The van der Waals surface area contributed by atoms with Gasteiger partial charge in [0.25, 0.3) is 5.91 Å². The lowest BCUT2D eigenvalue weighted by Crippen LogP contribution is -2.49. The molecule has 0 radical (unpaired) electrons. The van der Waals surface area contributed by atoms with Crippen LogP contribution in [0.5, 0.6) is 5.75 Å². The molecule has 4 aromatic rings. The smallest absolute Gasteiger partial charge is 0.264 e. The predicted octanol–water partition coefficient (Wildman–Crippen LogP) is 4.83. The number of hydrogen-bond donors (Lipinski definition) is 4. The second-order valence-electron chi connectivity index (χ2n) is 13.5. The van der Waals surface area contributed by atoms with Crippen LogP contribution in [0.4, 0.5) is 17.1 Å². The van der Waals surface area contributed by atoms with Crippen molar-refractivity contribution in [2.24, 2.45) is 5.92 Å². The number of aromatic nitrogens is 3. The Morgan fingerprint density at radius 1 is 1.06 bits per heavy atom. The van der Waals surface area contributed by atoms with Crippen molar-refractivity contribution in [3.63, 3.8) is 0 Å². The van der Waals surface area contributed by atoms with Crippen LogP contribution in [0.3, 0.4) is 0 Å². The van der Waals surface area contributed by atoms with Crippen LogP contribution in [0.1, 0.15) is 55.5 Å². The molecule has 0 saturated heterocycles. The van der Waals surface area contributed by atoms with Gasteiger partial charge in [-0.05, 0) is 98.8 Å². The zero-order valence-corrected chi connectivity index (χ0v) is 30.9. The van der Waals surface area contributed by atoms with Crippen LogP contribution < -0.4 is 19.9 Å². The summed E-state index contributed by atoms with van der Waals surface area (Å²) >= 11 is 6.40. The minimum absolute atomic E-state index is 0.00758. The molecule has 53 heavy (non-hydrogen) atoms. The van der Waals surface area contributed by atoms with Gasteiger partial charge in [-0.2, -0.15) is 0 Å². The maximum atomic E-state index is 14.2. The zero-order valence-electron chi connectivity index (χ0n) is 30.1. The van der Waals surface area contributed by atoms with E-state index in [0.717, 1.165) is 29.0 Å². The lowest BCUT2D eigenvalue weighted by molar-refractivity contribution is -0.139. The largest absolute Gasteiger partial charge is 0.494 e. The molecule has 0 bridgehead atoms. The van der Waals surface area contributed by atoms with Crippen molar-refractivity contribution in [3.8, 4) is 5.75 Å². The van der Waals surface area contributed by atoms with Gasteiger partial charge in [0.2, 0.25) is 5.91 Å². The summed E-state index contributed by atoms with van der Waals surface area (Å²) in [5.74, 6) is -0.337. The van der Waals surface area contributed by atoms with E-state index < -0.39 is 23.5 Å². The Bertz CT molecular complexity index is 1930. The van der Waals surface area contributed by atoms with Gasteiger partial charge in [-0.3, -0.25) is 19.2 Å². The third kappa shape index (κ3) is 8.17. The van der Waals surface area contributed by atoms with E-state index in [4.69, 9.17) is 21.4 Å². The van der Waals surface area contributed by atoms with E-state index in [-0.39, 0.29) is 25.7 Å². The number of allylic oxidation sites excluding steroid dienone is 1. The van der Waals surface area contributed by atoms with Crippen LogP contribution in [0.2, 0.25) is 5.02 Å². The molecule has 2 amide bonds. The first-order valence-corrected chi connectivity index (χ1v) is 18.6. The van der Waals surface area contributed by atoms with Crippen molar-refractivity contribution in [2.75, 3.05) is 36.2 Å². The summed E-state index contributed by atoms with van der Waals surface area (Å²) < 4.78 is 7.46. The predicted molar refractivity (Wildman–Crippen MR) is 203 cm³/mol. The van der Waals surface area contributed by atoms with Gasteiger partial charge in [0.15, 0.2) is 5.60 Å². The lowest BCUT2D eigenvalue weighted by Gasteiger charge is -2.35. The molecule has 6 rings (SSSR count). The lowest BCUT2D eigenvalue weighted by atomic mass is 9.83. The van der Waals surface area contributed by atoms with Crippen LogP contribution in [0.15, 0.2) is 79.0 Å². The number of amides is 2. The minimum Gasteiger partial charge on any atom is -0.494 e. The molecule has 3 aromatic carbocycles. The Morgan fingerprint density at radius 2 is 1.85 bits per heavy atom. The van der Waals surface area contributed by atoms with Gasteiger partial charge >= 0.3 is 0 Å².